The molecule has 6 heteroatoms. The summed E-state index contributed by atoms with van der Waals surface area (Å²) in [6.45, 7) is 0. The number of hydrogen-bond donors (Lipinski definition) is 2. The highest BCUT2D eigenvalue weighted by Gasteiger charge is 2.09. The van der Waals surface area contributed by atoms with Crippen molar-refractivity contribution < 1.29 is 4.74 Å². The average molecular weight is 309 g/mol. The average Bonchev–Trinajstić information content (AvgIpc) is 2.42. The number of halogens is 1. The van der Waals surface area contributed by atoms with Crippen LogP contribution in [0.4, 0.5) is 17.3 Å². The Labute approximate surface area is 114 Å². The Balaban J connectivity index is 2.34. The van der Waals surface area contributed by atoms with Gasteiger partial charge in [0.1, 0.15) is 28.2 Å². The number of para-hydroxylation sites is 2. The quantitative estimate of drug-likeness (QED) is 0.909. The van der Waals surface area contributed by atoms with E-state index in [0.717, 1.165) is 21.7 Å². The van der Waals surface area contributed by atoms with Crippen LogP contribution in [0.3, 0.4) is 0 Å². The second-order valence-corrected chi connectivity index (χ2v) is 4.25. The molecule has 1 aromatic carbocycles. The van der Waals surface area contributed by atoms with Crippen LogP contribution in [-0.4, -0.2) is 24.1 Å². The van der Waals surface area contributed by atoms with Crippen molar-refractivity contribution in [1.82, 2.24) is 9.97 Å². The fraction of sp³-hybridized carbons (Fsp3) is 0.167. The molecule has 0 fully saturated rings. The second kappa shape index (κ2) is 5.68. The molecule has 2 aromatic rings. The third kappa shape index (κ3) is 2.53. The molecule has 2 N–H and O–H groups in total. The number of benzene rings is 1. The number of nitrogens with one attached hydrogen (secondary N) is 2. The van der Waals surface area contributed by atoms with Crippen molar-refractivity contribution in [3.8, 4) is 5.75 Å². The minimum absolute atomic E-state index is 0.679. The van der Waals surface area contributed by atoms with Crippen LogP contribution in [0.5, 0.6) is 5.75 Å². The number of methoxy groups -OCH3 is 1. The molecule has 0 unspecified atom stereocenters. The number of ether oxygens (including phenoxy) is 1. The van der Waals surface area contributed by atoms with Gasteiger partial charge in [-0.05, 0) is 28.1 Å². The SMILES string of the molecule is CNc1ncnc(Nc2ccccc2OC)c1Br. The van der Waals surface area contributed by atoms with Gasteiger partial charge in [-0.1, -0.05) is 12.1 Å². The molecule has 18 heavy (non-hydrogen) atoms. The lowest BCUT2D eigenvalue weighted by molar-refractivity contribution is 0.417. The minimum atomic E-state index is 0.679. The Morgan fingerprint density at radius 2 is 1.89 bits per heavy atom. The van der Waals surface area contributed by atoms with Gasteiger partial charge in [0.2, 0.25) is 0 Å². The third-order valence-corrected chi connectivity index (χ3v) is 3.14. The Kier molecular flexibility index (Phi) is 3.99. The maximum Gasteiger partial charge on any atom is 0.150 e. The van der Waals surface area contributed by atoms with Crippen LogP contribution in [0.15, 0.2) is 35.1 Å². The Bertz CT molecular complexity index is 547. The molecular weight excluding hydrogens is 296 g/mol. The first-order chi connectivity index (χ1) is 8.76. The summed E-state index contributed by atoms with van der Waals surface area (Å²) in [5.74, 6) is 2.16. The van der Waals surface area contributed by atoms with E-state index in [1.54, 1.807) is 14.2 Å². The van der Waals surface area contributed by atoms with Gasteiger partial charge in [-0.3, -0.25) is 0 Å². The van der Waals surface area contributed by atoms with Crippen molar-refractivity contribution in [3.05, 3.63) is 35.1 Å². The van der Waals surface area contributed by atoms with Crippen LogP contribution >= 0.6 is 15.9 Å². The molecule has 0 atom stereocenters. The van der Waals surface area contributed by atoms with Gasteiger partial charge in [0, 0.05) is 7.05 Å². The standard InChI is InChI=1S/C12H13BrN4O/c1-14-11-10(13)12(16-7-15-11)17-8-5-3-4-6-9(8)18-2/h3-7H,1-2H3,(H2,14,15,16,17). The Morgan fingerprint density at radius 1 is 1.17 bits per heavy atom. The first kappa shape index (κ1) is 12.6. The molecule has 0 spiro atoms. The van der Waals surface area contributed by atoms with Crippen molar-refractivity contribution in [1.29, 1.82) is 0 Å². The van der Waals surface area contributed by atoms with Gasteiger partial charge in [-0.2, -0.15) is 0 Å². The van der Waals surface area contributed by atoms with E-state index < -0.39 is 0 Å². The number of nitrogens with zero attached hydrogens (tertiary/aromatic N) is 2. The van der Waals surface area contributed by atoms with Gasteiger partial charge in [0.25, 0.3) is 0 Å². The zero-order chi connectivity index (χ0) is 13.0. The highest BCUT2D eigenvalue weighted by molar-refractivity contribution is 9.10. The summed E-state index contributed by atoms with van der Waals surface area (Å²) in [7, 11) is 3.44. The maximum atomic E-state index is 5.28. The van der Waals surface area contributed by atoms with Crippen LogP contribution in [0.25, 0.3) is 0 Å². The molecule has 5 nitrogen and oxygen atoms in total. The number of anilines is 3. The lowest BCUT2D eigenvalue weighted by Crippen LogP contribution is -2.01. The maximum absolute atomic E-state index is 5.28. The van der Waals surface area contributed by atoms with E-state index in [2.05, 4.69) is 36.5 Å². The molecule has 1 heterocycles. The lowest BCUT2D eigenvalue weighted by Gasteiger charge is -2.12. The monoisotopic (exact) mass is 308 g/mol. The number of hydrogen-bond acceptors (Lipinski definition) is 5. The normalized spacial score (nSPS) is 9.94. The van der Waals surface area contributed by atoms with Crippen LogP contribution < -0.4 is 15.4 Å². The molecule has 0 amide bonds. The van der Waals surface area contributed by atoms with E-state index in [1.807, 2.05) is 24.3 Å². The van der Waals surface area contributed by atoms with Crippen molar-refractivity contribution >= 4 is 33.3 Å². The summed E-state index contributed by atoms with van der Waals surface area (Å²) in [4.78, 5) is 8.29. The van der Waals surface area contributed by atoms with Crippen LogP contribution in [-0.2, 0) is 0 Å². The molecule has 0 radical (unpaired) electrons. The fourth-order valence-corrected chi connectivity index (χ4v) is 2.01. The molecule has 2 rings (SSSR count). The number of aromatic nitrogens is 2. The predicted molar refractivity (Wildman–Crippen MR) is 75.6 cm³/mol. The molecule has 0 aliphatic carbocycles. The molecule has 0 saturated carbocycles. The molecule has 0 saturated heterocycles. The van der Waals surface area contributed by atoms with E-state index in [4.69, 9.17) is 4.74 Å². The van der Waals surface area contributed by atoms with Crippen LogP contribution in [0, 0.1) is 0 Å². The largest absolute Gasteiger partial charge is 0.495 e. The van der Waals surface area contributed by atoms with Gasteiger partial charge >= 0.3 is 0 Å². The summed E-state index contributed by atoms with van der Waals surface area (Å²) < 4.78 is 6.05. The molecule has 0 aliphatic heterocycles. The molecular formula is C12H13BrN4O. The van der Waals surface area contributed by atoms with E-state index >= 15 is 0 Å². The van der Waals surface area contributed by atoms with Crippen LogP contribution in [0.1, 0.15) is 0 Å². The first-order valence-corrected chi connectivity index (χ1v) is 6.14. The lowest BCUT2D eigenvalue weighted by atomic mass is 10.3. The fourth-order valence-electron chi connectivity index (χ4n) is 1.51. The summed E-state index contributed by atoms with van der Waals surface area (Å²) >= 11 is 3.45. The van der Waals surface area contributed by atoms with Gasteiger partial charge < -0.3 is 15.4 Å². The smallest absolute Gasteiger partial charge is 0.150 e. The van der Waals surface area contributed by atoms with E-state index in [0.29, 0.717) is 5.82 Å². The van der Waals surface area contributed by atoms with Gasteiger partial charge in [0.15, 0.2) is 0 Å². The molecule has 0 aliphatic rings. The van der Waals surface area contributed by atoms with E-state index in [1.165, 1.54) is 6.33 Å². The van der Waals surface area contributed by atoms with Crippen molar-refractivity contribution in [2.45, 2.75) is 0 Å². The van der Waals surface area contributed by atoms with Crippen molar-refractivity contribution in [2.75, 3.05) is 24.8 Å². The predicted octanol–water partition coefficient (Wildman–Crippen LogP) is 3.03. The molecule has 94 valence electrons. The summed E-state index contributed by atoms with van der Waals surface area (Å²) in [6.07, 6.45) is 1.49. The van der Waals surface area contributed by atoms with Gasteiger partial charge in [-0.15, -0.1) is 0 Å². The second-order valence-electron chi connectivity index (χ2n) is 3.46. The van der Waals surface area contributed by atoms with E-state index in [9.17, 15) is 0 Å². The summed E-state index contributed by atoms with van der Waals surface area (Å²) in [5.41, 5.74) is 0.849. The summed E-state index contributed by atoms with van der Waals surface area (Å²) in [6, 6.07) is 7.65. The Morgan fingerprint density at radius 3 is 2.61 bits per heavy atom. The zero-order valence-corrected chi connectivity index (χ0v) is 11.7. The summed E-state index contributed by atoms with van der Waals surface area (Å²) in [5, 5.41) is 6.18. The first-order valence-electron chi connectivity index (χ1n) is 5.34. The molecule has 1 aromatic heterocycles. The third-order valence-electron chi connectivity index (χ3n) is 2.39. The van der Waals surface area contributed by atoms with E-state index in [-0.39, 0.29) is 0 Å². The highest BCUT2D eigenvalue weighted by Crippen LogP contribution is 2.32. The Hall–Kier alpha value is -1.82. The topological polar surface area (TPSA) is 59.1 Å². The molecule has 0 bridgehead atoms. The minimum Gasteiger partial charge on any atom is -0.495 e. The van der Waals surface area contributed by atoms with Crippen LogP contribution in [0.2, 0.25) is 0 Å². The van der Waals surface area contributed by atoms with Gasteiger partial charge in [-0.25, -0.2) is 9.97 Å². The van der Waals surface area contributed by atoms with Crippen molar-refractivity contribution in [3.63, 3.8) is 0 Å². The number of rotatable bonds is 4. The van der Waals surface area contributed by atoms with Gasteiger partial charge in [0.05, 0.1) is 12.8 Å². The zero-order valence-electron chi connectivity index (χ0n) is 10.1. The van der Waals surface area contributed by atoms with Crippen molar-refractivity contribution in [2.24, 2.45) is 0 Å². The highest BCUT2D eigenvalue weighted by atomic mass is 79.9.